The second-order valence-electron chi connectivity index (χ2n) is 6.12. The average Bonchev–Trinajstić information content (AvgIpc) is 2.80. The molecule has 0 aliphatic carbocycles. The van der Waals surface area contributed by atoms with Crippen molar-refractivity contribution in [1.29, 1.82) is 0 Å². The second-order valence-corrected chi connectivity index (χ2v) is 7.56. The number of esters is 1. The first-order valence-corrected chi connectivity index (χ1v) is 9.82. The molecule has 0 bridgehead atoms. The Labute approximate surface area is 155 Å². The molecule has 1 aromatic carbocycles. The first kappa shape index (κ1) is 19.8. The smallest absolute Gasteiger partial charge is 0.338 e. The zero-order valence-corrected chi connectivity index (χ0v) is 16.3. The quantitative estimate of drug-likeness (QED) is 0.779. The van der Waals surface area contributed by atoms with Crippen molar-refractivity contribution in [3.8, 4) is 0 Å². The molecular formula is C18H23N3O4S. The summed E-state index contributed by atoms with van der Waals surface area (Å²) in [6.07, 6.45) is 0.630. The van der Waals surface area contributed by atoms with Crippen molar-refractivity contribution >= 4 is 28.4 Å². The van der Waals surface area contributed by atoms with Crippen LogP contribution in [0.15, 0.2) is 24.3 Å². The molecular weight excluding hydrogens is 354 g/mol. The highest BCUT2D eigenvalue weighted by Crippen LogP contribution is 2.19. The number of carbonyl (C=O) groups excluding carboxylic acids is 2. The second kappa shape index (κ2) is 8.27. The molecule has 0 saturated carbocycles. The van der Waals surface area contributed by atoms with Crippen LogP contribution in [0, 0.1) is 13.8 Å². The van der Waals surface area contributed by atoms with Crippen LogP contribution in [0.3, 0.4) is 0 Å². The number of amides is 1. The van der Waals surface area contributed by atoms with E-state index in [1.807, 2.05) is 6.92 Å². The maximum atomic E-state index is 12.3. The van der Waals surface area contributed by atoms with E-state index >= 15 is 0 Å². The molecule has 2 rings (SSSR count). The summed E-state index contributed by atoms with van der Waals surface area (Å²) in [5.74, 6) is -0.670. The summed E-state index contributed by atoms with van der Waals surface area (Å²) in [5.41, 5.74) is 3.22. The van der Waals surface area contributed by atoms with Crippen molar-refractivity contribution in [2.75, 3.05) is 11.6 Å². The maximum absolute atomic E-state index is 12.3. The lowest BCUT2D eigenvalue weighted by molar-refractivity contribution is -0.123. The maximum Gasteiger partial charge on any atom is 0.338 e. The van der Waals surface area contributed by atoms with Crippen LogP contribution in [0.2, 0.25) is 0 Å². The van der Waals surface area contributed by atoms with E-state index < -0.39 is 28.8 Å². The molecule has 0 saturated heterocycles. The number of benzene rings is 1. The number of nitrogens with one attached hydrogen (secondary N) is 1. The Morgan fingerprint density at radius 1 is 1.35 bits per heavy atom. The topological polar surface area (TPSA) is 90.3 Å². The van der Waals surface area contributed by atoms with E-state index in [9.17, 15) is 13.8 Å². The molecule has 0 spiro atoms. The van der Waals surface area contributed by atoms with Gasteiger partial charge in [0, 0.05) is 29.9 Å². The SMILES string of the molecule is Cc1nn(C)c(C)c1NC(=O)C(C)OC(=O)c1cccc(CS(C)=O)c1. The lowest BCUT2D eigenvalue weighted by Gasteiger charge is -2.14. The molecule has 0 aliphatic rings. The summed E-state index contributed by atoms with van der Waals surface area (Å²) < 4.78 is 18.3. The lowest BCUT2D eigenvalue weighted by atomic mass is 10.1. The molecule has 0 fully saturated rings. The van der Waals surface area contributed by atoms with E-state index in [0.29, 0.717) is 22.7 Å². The van der Waals surface area contributed by atoms with Gasteiger partial charge in [0.05, 0.1) is 22.6 Å². The molecule has 2 atom stereocenters. The molecule has 26 heavy (non-hydrogen) atoms. The highest BCUT2D eigenvalue weighted by Gasteiger charge is 2.21. The molecule has 8 heteroatoms. The van der Waals surface area contributed by atoms with Gasteiger partial charge < -0.3 is 10.1 Å². The average molecular weight is 377 g/mol. The van der Waals surface area contributed by atoms with E-state index in [1.165, 1.54) is 6.92 Å². The Hall–Kier alpha value is -2.48. The fraction of sp³-hybridized carbons (Fsp3) is 0.389. The van der Waals surface area contributed by atoms with E-state index in [1.54, 1.807) is 49.2 Å². The summed E-state index contributed by atoms with van der Waals surface area (Å²) in [7, 11) is 0.784. The third-order valence-electron chi connectivity index (χ3n) is 3.94. The zero-order valence-electron chi connectivity index (χ0n) is 15.5. The first-order valence-electron chi connectivity index (χ1n) is 8.10. The normalized spacial score (nSPS) is 13.1. The highest BCUT2D eigenvalue weighted by molar-refractivity contribution is 7.83. The molecule has 2 unspecified atom stereocenters. The molecule has 2 aromatic rings. The summed E-state index contributed by atoms with van der Waals surface area (Å²) >= 11 is 0. The largest absolute Gasteiger partial charge is 0.449 e. The minimum atomic E-state index is -1.01. The van der Waals surface area contributed by atoms with Gasteiger partial charge in [0.1, 0.15) is 0 Å². The standard InChI is InChI=1S/C18H23N3O4S/c1-11-16(12(2)21(4)20-11)19-17(22)13(3)25-18(23)15-8-6-7-14(9-15)10-26(5)24/h6-9,13H,10H2,1-5H3,(H,19,22). The van der Waals surface area contributed by atoms with Crippen molar-refractivity contribution in [2.24, 2.45) is 7.05 Å². The fourth-order valence-corrected chi connectivity index (χ4v) is 3.13. The van der Waals surface area contributed by atoms with Gasteiger partial charge in [0.25, 0.3) is 5.91 Å². The number of anilines is 1. The van der Waals surface area contributed by atoms with E-state index in [4.69, 9.17) is 4.74 Å². The summed E-state index contributed by atoms with van der Waals surface area (Å²) in [6.45, 7) is 5.15. The van der Waals surface area contributed by atoms with Crippen LogP contribution in [0.5, 0.6) is 0 Å². The van der Waals surface area contributed by atoms with Gasteiger partial charge in [-0.1, -0.05) is 12.1 Å². The Bertz CT molecular complexity index is 860. The molecule has 140 valence electrons. The number of carbonyl (C=O) groups is 2. The van der Waals surface area contributed by atoms with E-state index in [2.05, 4.69) is 10.4 Å². The van der Waals surface area contributed by atoms with Gasteiger partial charge in [-0.05, 0) is 38.5 Å². The predicted octanol–water partition coefficient (Wildman–Crippen LogP) is 2.10. The Kier molecular flexibility index (Phi) is 6.31. The number of nitrogens with zero attached hydrogens (tertiary/aromatic N) is 2. The van der Waals surface area contributed by atoms with Crippen LogP contribution in [-0.4, -0.2) is 38.2 Å². The monoisotopic (exact) mass is 377 g/mol. The van der Waals surface area contributed by atoms with Gasteiger partial charge in [0.2, 0.25) is 0 Å². The minimum absolute atomic E-state index is 0.321. The Morgan fingerprint density at radius 2 is 2.04 bits per heavy atom. The first-order chi connectivity index (χ1) is 12.2. The van der Waals surface area contributed by atoms with Crippen molar-refractivity contribution in [2.45, 2.75) is 32.6 Å². The molecule has 0 aliphatic heterocycles. The summed E-state index contributed by atoms with van der Waals surface area (Å²) in [5, 5.41) is 6.99. The molecule has 1 heterocycles. The summed E-state index contributed by atoms with van der Waals surface area (Å²) in [6, 6.07) is 6.72. The summed E-state index contributed by atoms with van der Waals surface area (Å²) in [4.78, 5) is 24.6. The number of ether oxygens (including phenoxy) is 1. The van der Waals surface area contributed by atoms with E-state index in [-0.39, 0.29) is 0 Å². The number of aryl methyl sites for hydroxylation is 2. The van der Waals surface area contributed by atoms with Crippen LogP contribution < -0.4 is 5.32 Å². The minimum Gasteiger partial charge on any atom is -0.449 e. The Morgan fingerprint density at radius 3 is 2.62 bits per heavy atom. The number of hydrogen-bond acceptors (Lipinski definition) is 5. The third-order valence-corrected chi connectivity index (χ3v) is 4.68. The predicted molar refractivity (Wildman–Crippen MR) is 100 cm³/mol. The van der Waals surface area contributed by atoms with Gasteiger partial charge in [-0.15, -0.1) is 0 Å². The lowest BCUT2D eigenvalue weighted by Crippen LogP contribution is -2.30. The van der Waals surface area contributed by atoms with Gasteiger partial charge in [0.15, 0.2) is 6.10 Å². The molecule has 7 nitrogen and oxygen atoms in total. The van der Waals surface area contributed by atoms with Crippen LogP contribution in [-0.2, 0) is 33.1 Å². The molecule has 1 N–H and O–H groups in total. The van der Waals surface area contributed by atoms with Gasteiger partial charge in [-0.2, -0.15) is 5.10 Å². The van der Waals surface area contributed by atoms with Gasteiger partial charge in [-0.3, -0.25) is 13.7 Å². The molecule has 1 amide bonds. The molecule has 0 radical (unpaired) electrons. The number of rotatable bonds is 6. The van der Waals surface area contributed by atoms with Crippen LogP contribution in [0.25, 0.3) is 0 Å². The number of aromatic nitrogens is 2. The van der Waals surface area contributed by atoms with Crippen molar-refractivity contribution in [3.63, 3.8) is 0 Å². The highest BCUT2D eigenvalue weighted by atomic mass is 32.2. The fourth-order valence-electron chi connectivity index (χ4n) is 2.48. The van der Waals surface area contributed by atoms with Gasteiger partial charge in [-0.25, -0.2) is 4.79 Å². The van der Waals surface area contributed by atoms with E-state index in [0.717, 1.165) is 11.3 Å². The number of hydrogen-bond donors (Lipinski definition) is 1. The van der Waals surface area contributed by atoms with Crippen molar-refractivity contribution < 1.29 is 18.5 Å². The molecule has 1 aromatic heterocycles. The van der Waals surface area contributed by atoms with Crippen molar-refractivity contribution in [1.82, 2.24) is 9.78 Å². The Balaban J connectivity index is 2.04. The van der Waals surface area contributed by atoms with Gasteiger partial charge >= 0.3 is 5.97 Å². The van der Waals surface area contributed by atoms with Crippen LogP contribution in [0.1, 0.15) is 34.2 Å². The van der Waals surface area contributed by atoms with Crippen LogP contribution in [0.4, 0.5) is 5.69 Å². The van der Waals surface area contributed by atoms with Crippen molar-refractivity contribution in [3.05, 3.63) is 46.8 Å². The zero-order chi connectivity index (χ0) is 19.4. The van der Waals surface area contributed by atoms with Crippen LogP contribution >= 0.6 is 0 Å². The third kappa shape index (κ3) is 4.78.